The largest absolute Gasteiger partial charge is 0.345 e. The van der Waals surface area contributed by atoms with Crippen molar-refractivity contribution in [1.29, 1.82) is 0 Å². The van der Waals surface area contributed by atoms with Crippen molar-refractivity contribution in [1.82, 2.24) is 14.9 Å². The van der Waals surface area contributed by atoms with Crippen LogP contribution in [0.3, 0.4) is 0 Å². The Labute approximate surface area is 121 Å². The van der Waals surface area contributed by atoms with E-state index in [-0.39, 0.29) is 5.91 Å². The van der Waals surface area contributed by atoms with Crippen LogP contribution in [-0.2, 0) is 6.54 Å². The lowest BCUT2D eigenvalue weighted by atomic mass is 10.1. The summed E-state index contributed by atoms with van der Waals surface area (Å²) in [5.74, 6) is 0.0531. The zero-order chi connectivity index (χ0) is 13.9. The number of benzene rings is 1. The van der Waals surface area contributed by atoms with Crippen molar-refractivity contribution in [2.45, 2.75) is 13.5 Å². The number of nitrogens with zero attached hydrogens (tertiary/aromatic N) is 2. The van der Waals surface area contributed by atoms with Crippen molar-refractivity contribution >= 4 is 28.3 Å². The fraction of sp³-hybridized carbons (Fsp3) is 0.200. The summed E-state index contributed by atoms with van der Waals surface area (Å²) in [7, 11) is 0. The van der Waals surface area contributed by atoms with E-state index in [1.165, 1.54) is 4.88 Å². The predicted molar refractivity (Wildman–Crippen MR) is 80.8 cm³/mol. The molecule has 102 valence electrons. The molecule has 1 N–H and O–H groups in total. The molecule has 0 spiro atoms. The highest BCUT2D eigenvalue weighted by atomic mass is 32.1. The van der Waals surface area contributed by atoms with Gasteiger partial charge in [-0.2, -0.15) is 0 Å². The molecule has 0 saturated heterocycles. The van der Waals surface area contributed by atoms with Gasteiger partial charge in [-0.1, -0.05) is 6.07 Å². The monoisotopic (exact) mass is 285 g/mol. The van der Waals surface area contributed by atoms with E-state index in [1.807, 2.05) is 41.5 Å². The molecule has 0 atom stereocenters. The van der Waals surface area contributed by atoms with Gasteiger partial charge in [0.1, 0.15) is 0 Å². The third kappa shape index (κ3) is 2.44. The molecule has 0 unspecified atom stereocenters. The number of carbonyl (C=O) groups excluding carboxylic acids is 1. The molecule has 20 heavy (non-hydrogen) atoms. The van der Waals surface area contributed by atoms with E-state index in [2.05, 4.69) is 16.0 Å². The maximum atomic E-state index is 12.6. The number of thiophene rings is 1. The van der Waals surface area contributed by atoms with Crippen molar-refractivity contribution in [3.05, 3.63) is 52.5 Å². The first-order valence-corrected chi connectivity index (χ1v) is 7.40. The highest BCUT2D eigenvalue weighted by Crippen LogP contribution is 2.17. The summed E-state index contributed by atoms with van der Waals surface area (Å²) >= 11 is 1.67. The standard InChI is InChI=1S/C15H15N3OS/c1-2-18(9-12-4-3-7-20-12)15(19)11-5-6-13-14(8-11)17-10-16-13/h3-8,10H,2,9H2,1H3,(H,16,17). The fourth-order valence-corrected chi connectivity index (χ4v) is 2.89. The van der Waals surface area contributed by atoms with Crippen LogP contribution in [-0.4, -0.2) is 27.3 Å². The average molecular weight is 285 g/mol. The maximum absolute atomic E-state index is 12.6. The van der Waals surface area contributed by atoms with Gasteiger partial charge in [0.15, 0.2) is 0 Å². The molecule has 0 radical (unpaired) electrons. The molecule has 0 bridgehead atoms. The molecule has 5 heteroatoms. The number of H-pyrrole nitrogens is 1. The highest BCUT2D eigenvalue weighted by Gasteiger charge is 2.15. The van der Waals surface area contributed by atoms with E-state index < -0.39 is 0 Å². The van der Waals surface area contributed by atoms with Crippen molar-refractivity contribution < 1.29 is 4.79 Å². The number of carbonyl (C=O) groups is 1. The summed E-state index contributed by atoms with van der Waals surface area (Å²) in [5.41, 5.74) is 2.46. The van der Waals surface area contributed by atoms with E-state index in [0.29, 0.717) is 18.7 Å². The number of rotatable bonds is 4. The van der Waals surface area contributed by atoms with Gasteiger partial charge < -0.3 is 9.88 Å². The molecule has 1 aromatic carbocycles. The SMILES string of the molecule is CCN(Cc1cccs1)C(=O)c1ccc2nc[nH]c2c1. The van der Waals surface area contributed by atoms with Crippen molar-refractivity contribution in [3.8, 4) is 0 Å². The summed E-state index contributed by atoms with van der Waals surface area (Å²) < 4.78 is 0. The number of hydrogen-bond donors (Lipinski definition) is 1. The van der Waals surface area contributed by atoms with Crippen LogP contribution in [0.4, 0.5) is 0 Å². The molecule has 2 heterocycles. The minimum atomic E-state index is 0.0531. The lowest BCUT2D eigenvalue weighted by molar-refractivity contribution is 0.0754. The van der Waals surface area contributed by atoms with Crippen LogP contribution in [0.15, 0.2) is 42.0 Å². The van der Waals surface area contributed by atoms with E-state index in [9.17, 15) is 4.79 Å². The Morgan fingerprint density at radius 3 is 3.05 bits per heavy atom. The van der Waals surface area contributed by atoms with Gasteiger partial charge in [-0.3, -0.25) is 4.79 Å². The molecular weight excluding hydrogens is 270 g/mol. The van der Waals surface area contributed by atoms with E-state index in [0.717, 1.165) is 11.0 Å². The van der Waals surface area contributed by atoms with Crippen LogP contribution in [0.2, 0.25) is 0 Å². The molecule has 3 aromatic rings. The molecule has 0 saturated carbocycles. The number of hydrogen-bond acceptors (Lipinski definition) is 3. The van der Waals surface area contributed by atoms with Gasteiger partial charge >= 0.3 is 0 Å². The van der Waals surface area contributed by atoms with E-state index in [4.69, 9.17) is 0 Å². The van der Waals surface area contributed by atoms with Crippen LogP contribution in [0.25, 0.3) is 11.0 Å². The maximum Gasteiger partial charge on any atom is 0.254 e. The summed E-state index contributed by atoms with van der Waals surface area (Å²) in [5, 5.41) is 2.03. The minimum Gasteiger partial charge on any atom is -0.345 e. The van der Waals surface area contributed by atoms with Crippen molar-refractivity contribution in [3.63, 3.8) is 0 Å². The third-order valence-electron chi connectivity index (χ3n) is 3.26. The zero-order valence-electron chi connectivity index (χ0n) is 11.2. The van der Waals surface area contributed by atoms with Crippen molar-refractivity contribution in [2.75, 3.05) is 6.54 Å². The normalized spacial score (nSPS) is 10.8. The number of aromatic nitrogens is 2. The molecule has 1 amide bonds. The zero-order valence-corrected chi connectivity index (χ0v) is 12.0. The van der Waals surface area contributed by atoms with Crippen LogP contribution in [0.5, 0.6) is 0 Å². The number of aromatic amines is 1. The average Bonchev–Trinajstić information content (AvgIpc) is 3.14. The molecule has 4 nitrogen and oxygen atoms in total. The summed E-state index contributed by atoms with van der Waals surface area (Å²) in [6.07, 6.45) is 1.64. The number of nitrogens with one attached hydrogen (secondary N) is 1. The summed E-state index contributed by atoms with van der Waals surface area (Å²) in [6.45, 7) is 3.35. The second-order valence-electron chi connectivity index (χ2n) is 4.53. The first-order chi connectivity index (χ1) is 9.78. The van der Waals surface area contributed by atoms with Gasteiger partial charge in [-0.05, 0) is 36.6 Å². The Morgan fingerprint density at radius 1 is 1.40 bits per heavy atom. The van der Waals surface area contributed by atoms with Gasteiger partial charge in [0, 0.05) is 17.0 Å². The molecular formula is C15H15N3OS. The predicted octanol–water partition coefficient (Wildman–Crippen LogP) is 3.29. The number of imidazole rings is 1. The fourth-order valence-electron chi connectivity index (χ4n) is 2.17. The minimum absolute atomic E-state index is 0.0531. The topological polar surface area (TPSA) is 49.0 Å². The molecule has 0 fully saturated rings. The molecule has 2 aromatic heterocycles. The van der Waals surface area contributed by atoms with Crippen LogP contribution >= 0.6 is 11.3 Å². The first-order valence-electron chi connectivity index (χ1n) is 6.52. The van der Waals surface area contributed by atoms with Crippen molar-refractivity contribution in [2.24, 2.45) is 0 Å². The van der Waals surface area contributed by atoms with Gasteiger partial charge in [0.2, 0.25) is 0 Å². The second-order valence-corrected chi connectivity index (χ2v) is 5.57. The summed E-state index contributed by atoms with van der Waals surface area (Å²) in [6, 6.07) is 9.63. The smallest absolute Gasteiger partial charge is 0.254 e. The quantitative estimate of drug-likeness (QED) is 0.799. The molecule has 0 aliphatic carbocycles. The lowest BCUT2D eigenvalue weighted by Crippen LogP contribution is -2.29. The van der Waals surface area contributed by atoms with Gasteiger partial charge in [0.25, 0.3) is 5.91 Å². The van der Waals surface area contributed by atoms with E-state index in [1.54, 1.807) is 17.7 Å². The Hall–Kier alpha value is -2.14. The Balaban J connectivity index is 1.85. The Bertz CT molecular complexity index is 718. The van der Waals surface area contributed by atoms with Crippen LogP contribution in [0, 0.1) is 0 Å². The lowest BCUT2D eigenvalue weighted by Gasteiger charge is -2.20. The number of fused-ring (bicyclic) bond motifs is 1. The van der Waals surface area contributed by atoms with Gasteiger partial charge in [-0.25, -0.2) is 4.98 Å². The summed E-state index contributed by atoms with van der Waals surface area (Å²) in [4.78, 5) is 22.8. The van der Waals surface area contributed by atoms with Crippen LogP contribution in [0.1, 0.15) is 22.2 Å². The second kappa shape index (κ2) is 5.46. The highest BCUT2D eigenvalue weighted by molar-refractivity contribution is 7.09. The van der Waals surface area contributed by atoms with Gasteiger partial charge in [0.05, 0.1) is 23.9 Å². The molecule has 0 aliphatic heterocycles. The van der Waals surface area contributed by atoms with Gasteiger partial charge in [-0.15, -0.1) is 11.3 Å². The molecule has 3 rings (SSSR count). The Kier molecular flexibility index (Phi) is 3.52. The number of amides is 1. The first kappa shape index (κ1) is 12.9. The van der Waals surface area contributed by atoms with E-state index >= 15 is 0 Å². The third-order valence-corrected chi connectivity index (χ3v) is 4.12. The molecule has 0 aliphatic rings. The van der Waals surface area contributed by atoms with Crippen LogP contribution < -0.4 is 0 Å². The Morgan fingerprint density at radius 2 is 2.30 bits per heavy atom.